The number of rotatable bonds is 7. The molecule has 0 bridgehead atoms. The number of ether oxygens (including phenoxy) is 1. The van der Waals surface area contributed by atoms with Crippen molar-refractivity contribution in [3.8, 4) is 5.75 Å². The van der Waals surface area contributed by atoms with E-state index < -0.39 is 0 Å². The van der Waals surface area contributed by atoms with Gasteiger partial charge in [0.1, 0.15) is 17.8 Å². The second kappa shape index (κ2) is 8.78. The number of nitrogens with two attached hydrogens (primary N) is 1. The van der Waals surface area contributed by atoms with Gasteiger partial charge >= 0.3 is 0 Å². The Morgan fingerprint density at radius 1 is 0.900 bits per heavy atom. The van der Waals surface area contributed by atoms with Crippen molar-refractivity contribution in [1.82, 2.24) is 15.4 Å². The highest BCUT2D eigenvalue weighted by molar-refractivity contribution is 5.96. The van der Waals surface area contributed by atoms with Gasteiger partial charge < -0.3 is 15.8 Å². The first kappa shape index (κ1) is 19.0. The molecule has 8 nitrogen and oxygen atoms in total. The fourth-order valence-corrected chi connectivity index (χ4v) is 2.89. The van der Waals surface area contributed by atoms with E-state index in [1.54, 1.807) is 12.1 Å². The lowest BCUT2D eigenvalue weighted by Crippen LogP contribution is -2.34. The molecule has 8 heteroatoms. The van der Waals surface area contributed by atoms with Crippen molar-refractivity contribution in [2.24, 2.45) is 0 Å². The average Bonchev–Trinajstić information content (AvgIpc) is 2.79. The summed E-state index contributed by atoms with van der Waals surface area (Å²) in [6.45, 7) is -0.150. The third-order valence-corrected chi connectivity index (χ3v) is 4.36. The summed E-state index contributed by atoms with van der Waals surface area (Å²) in [5.74, 6) is 0.940. The zero-order chi connectivity index (χ0) is 20.8. The smallest absolute Gasteiger partial charge is 0.276 e. The topological polar surface area (TPSA) is 114 Å². The minimum Gasteiger partial charge on any atom is -0.484 e. The molecule has 0 saturated carbocycles. The molecule has 0 aliphatic carbocycles. The van der Waals surface area contributed by atoms with Crippen LogP contribution in [0.25, 0.3) is 10.8 Å². The molecule has 0 unspecified atom stereocenters. The van der Waals surface area contributed by atoms with Gasteiger partial charge in [-0.25, -0.2) is 9.97 Å². The van der Waals surface area contributed by atoms with Gasteiger partial charge in [-0.3, -0.25) is 15.6 Å². The molecule has 0 radical (unpaired) electrons. The van der Waals surface area contributed by atoms with Crippen LogP contribution in [0, 0.1) is 0 Å². The van der Waals surface area contributed by atoms with Gasteiger partial charge in [0, 0.05) is 11.1 Å². The van der Waals surface area contributed by atoms with Crippen LogP contribution in [0.1, 0.15) is 0 Å². The first-order chi connectivity index (χ1) is 14.7. The predicted molar refractivity (Wildman–Crippen MR) is 117 cm³/mol. The molecule has 1 amide bonds. The van der Waals surface area contributed by atoms with E-state index in [2.05, 4.69) is 26.1 Å². The van der Waals surface area contributed by atoms with Crippen molar-refractivity contribution in [3.63, 3.8) is 0 Å². The van der Waals surface area contributed by atoms with Crippen LogP contribution in [0.3, 0.4) is 0 Å². The molecule has 0 spiro atoms. The Balaban J connectivity index is 1.42. The Morgan fingerprint density at radius 3 is 2.50 bits per heavy atom. The van der Waals surface area contributed by atoms with E-state index in [1.165, 1.54) is 6.33 Å². The second-order valence-corrected chi connectivity index (χ2v) is 6.41. The van der Waals surface area contributed by atoms with E-state index in [0.717, 1.165) is 16.5 Å². The number of carbonyl (C=O) groups excluding carboxylic acids is 1. The fraction of sp³-hybridized carbons (Fsp3) is 0.0455. The van der Waals surface area contributed by atoms with Gasteiger partial charge in [-0.15, -0.1) is 0 Å². The summed E-state index contributed by atoms with van der Waals surface area (Å²) in [4.78, 5) is 20.3. The highest BCUT2D eigenvalue weighted by Gasteiger charge is 2.11. The van der Waals surface area contributed by atoms with Crippen LogP contribution in [0.2, 0.25) is 0 Å². The predicted octanol–water partition coefficient (Wildman–Crippen LogP) is 3.48. The van der Waals surface area contributed by atoms with Crippen LogP contribution in [0.4, 0.5) is 23.0 Å². The van der Waals surface area contributed by atoms with Crippen molar-refractivity contribution in [2.75, 3.05) is 23.1 Å². The number of nitrogens with one attached hydrogen (secondary N) is 3. The molecule has 0 aliphatic heterocycles. The number of hydrogen-bond acceptors (Lipinski definition) is 7. The first-order valence-electron chi connectivity index (χ1n) is 9.28. The van der Waals surface area contributed by atoms with Crippen molar-refractivity contribution < 1.29 is 9.53 Å². The highest BCUT2D eigenvalue weighted by Crippen LogP contribution is 2.29. The number of anilines is 4. The van der Waals surface area contributed by atoms with E-state index in [0.29, 0.717) is 11.6 Å². The normalized spacial score (nSPS) is 10.4. The average molecular weight is 400 g/mol. The fourth-order valence-electron chi connectivity index (χ4n) is 2.89. The summed E-state index contributed by atoms with van der Waals surface area (Å²) < 4.78 is 5.40. The standard InChI is InChI=1S/C22H20N6O2/c23-20-21(26-18-12-6-8-15-7-4-5-11-17(15)18)24-14-25-22(20)28-27-19(29)13-30-16-9-2-1-3-10-16/h1-12,14H,13,23H2,(H,27,29)(H2,24,25,26,28). The monoisotopic (exact) mass is 400 g/mol. The number of nitrogens with zero attached hydrogens (tertiary/aromatic N) is 2. The molecule has 0 saturated heterocycles. The molecule has 1 aromatic heterocycles. The zero-order valence-electron chi connectivity index (χ0n) is 16.0. The van der Waals surface area contributed by atoms with Gasteiger partial charge in [0.25, 0.3) is 5.91 Å². The Bertz CT molecular complexity index is 1160. The number of aromatic nitrogens is 2. The van der Waals surface area contributed by atoms with Crippen LogP contribution in [-0.4, -0.2) is 22.5 Å². The molecular weight excluding hydrogens is 380 g/mol. The lowest BCUT2D eigenvalue weighted by atomic mass is 10.1. The first-order valence-corrected chi connectivity index (χ1v) is 9.28. The summed E-state index contributed by atoms with van der Waals surface area (Å²) >= 11 is 0. The van der Waals surface area contributed by atoms with E-state index in [-0.39, 0.29) is 24.0 Å². The van der Waals surface area contributed by atoms with Crippen LogP contribution < -0.4 is 26.6 Å². The number of benzene rings is 3. The molecule has 150 valence electrons. The Kier molecular flexibility index (Phi) is 5.56. The molecule has 5 N–H and O–H groups in total. The number of nitrogen functional groups attached to an aromatic ring is 1. The van der Waals surface area contributed by atoms with E-state index in [4.69, 9.17) is 10.5 Å². The maximum absolute atomic E-state index is 12.0. The van der Waals surface area contributed by atoms with E-state index in [1.807, 2.05) is 60.7 Å². The van der Waals surface area contributed by atoms with Crippen molar-refractivity contribution >= 4 is 39.7 Å². The summed E-state index contributed by atoms with van der Waals surface area (Å²) in [7, 11) is 0. The molecule has 0 aliphatic rings. The van der Waals surface area contributed by atoms with Gasteiger partial charge in [-0.2, -0.15) is 0 Å². The third kappa shape index (κ3) is 4.39. The number of fused-ring (bicyclic) bond motifs is 1. The van der Waals surface area contributed by atoms with E-state index in [9.17, 15) is 4.79 Å². The lowest BCUT2D eigenvalue weighted by Gasteiger charge is -2.14. The highest BCUT2D eigenvalue weighted by atomic mass is 16.5. The quantitative estimate of drug-likeness (QED) is 0.351. The third-order valence-electron chi connectivity index (χ3n) is 4.36. The molecule has 1 heterocycles. The summed E-state index contributed by atoms with van der Waals surface area (Å²) in [6, 6.07) is 23.0. The number of hydrogen-bond donors (Lipinski definition) is 4. The summed E-state index contributed by atoms with van der Waals surface area (Å²) in [6.07, 6.45) is 1.36. The minimum absolute atomic E-state index is 0.150. The summed E-state index contributed by atoms with van der Waals surface area (Å²) in [5, 5.41) is 5.37. The number of amides is 1. The van der Waals surface area contributed by atoms with Gasteiger partial charge in [0.05, 0.1) is 0 Å². The maximum atomic E-state index is 12.0. The molecular formula is C22H20N6O2. The number of carbonyl (C=O) groups is 1. The lowest BCUT2D eigenvalue weighted by molar-refractivity contribution is -0.122. The van der Waals surface area contributed by atoms with Crippen LogP contribution in [-0.2, 0) is 4.79 Å². The zero-order valence-corrected chi connectivity index (χ0v) is 16.0. The van der Waals surface area contributed by atoms with Gasteiger partial charge in [0.15, 0.2) is 18.2 Å². The maximum Gasteiger partial charge on any atom is 0.276 e. The second-order valence-electron chi connectivity index (χ2n) is 6.41. The van der Waals surface area contributed by atoms with Crippen molar-refractivity contribution in [1.29, 1.82) is 0 Å². The Labute approximate surface area is 173 Å². The summed E-state index contributed by atoms with van der Waals surface area (Å²) in [5.41, 5.74) is 12.6. The van der Waals surface area contributed by atoms with Crippen molar-refractivity contribution in [3.05, 3.63) is 79.1 Å². The molecule has 0 fully saturated rings. The van der Waals surface area contributed by atoms with Gasteiger partial charge in [-0.05, 0) is 23.6 Å². The van der Waals surface area contributed by atoms with Crippen LogP contribution >= 0.6 is 0 Å². The molecule has 3 aromatic carbocycles. The Hall–Kier alpha value is -4.33. The minimum atomic E-state index is -0.375. The number of para-hydroxylation sites is 1. The Morgan fingerprint density at radius 2 is 1.63 bits per heavy atom. The number of hydrazine groups is 1. The molecule has 4 rings (SSSR count). The van der Waals surface area contributed by atoms with Gasteiger partial charge in [0.2, 0.25) is 0 Å². The molecule has 4 aromatic rings. The molecule has 30 heavy (non-hydrogen) atoms. The SMILES string of the molecule is Nc1c(NNC(=O)COc2ccccc2)ncnc1Nc1cccc2ccccc12. The van der Waals surface area contributed by atoms with Crippen molar-refractivity contribution in [2.45, 2.75) is 0 Å². The van der Waals surface area contributed by atoms with Crippen LogP contribution in [0.5, 0.6) is 5.75 Å². The van der Waals surface area contributed by atoms with Gasteiger partial charge in [-0.1, -0.05) is 54.6 Å². The van der Waals surface area contributed by atoms with E-state index >= 15 is 0 Å². The largest absolute Gasteiger partial charge is 0.484 e. The van der Waals surface area contributed by atoms with Crippen LogP contribution in [0.15, 0.2) is 79.1 Å². The molecule has 0 atom stereocenters.